The lowest BCUT2D eigenvalue weighted by Crippen LogP contribution is -2.29. The van der Waals surface area contributed by atoms with Crippen LogP contribution >= 0.6 is 15.9 Å². The summed E-state index contributed by atoms with van der Waals surface area (Å²) in [5.41, 5.74) is 0.988. The molecule has 0 aliphatic rings. The van der Waals surface area contributed by atoms with Crippen molar-refractivity contribution in [3.8, 4) is 5.75 Å². The molecule has 0 saturated heterocycles. The Bertz CT molecular complexity index is 819. The van der Waals surface area contributed by atoms with E-state index in [4.69, 9.17) is 4.74 Å². The van der Waals surface area contributed by atoms with Gasteiger partial charge in [0, 0.05) is 10.9 Å². The molecule has 7 heteroatoms. The van der Waals surface area contributed by atoms with Crippen LogP contribution in [0, 0.1) is 6.92 Å². The third-order valence-corrected chi connectivity index (χ3v) is 5.69. The van der Waals surface area contributed by atoms with Crippen molar-refractivity contribution >= 4 is 31.7 Å². The van der Waals surface area contributed by atoms with Gasteiger partial charge in [-0.15, -0.1) is 0 Å². The second-order valence-corrected chi connectivity index (χ2v) is 8.56. The SMILES string of the molecule is Cc1ccc(S(=O)(=O)CCC(=O)NCCOc2cccc(Br)c2)cc1. The molecule has 134 valence electrons. The maximum absolute atomic E-state index is 12.2. The van der Waals surface area contributed by atoms with E-state index in [1.54, 1.807) is 24.3 Å². The smallest absolute Gasteiger partial charge is 0.221 e. The number of nitrogens with one attached hydrogen (secondary N) is 1. The monoisotopic (exact) mass is 425 g/mol. The highest BCUT2D eigenvalue weighted by atomic mass is 79.9. The lowest BCUT2D eigenvalue weighted by molar-refractivity contribution is -0.120. The van der Waals surface area contributed by atoms with Gasteiger partial charge in [0.25, 0.3) is 0 Å². The van der Waals surface area contributed by atoms with E-state index < -0.39 is 9.84 Å². The minimum absolute atomic E-state index is 0.0763. The number of halogens is 1. The fraction of sp³-hybridized carbons (Fsp3) is 0.278. The van der Waals surface area contributed by atoms with Gasteiger partial charge >= 0.3 is 0 Å². The maximum Gasteiger partial charge on any atom is 0.221 e. The number of hydrogen-bond acceptors (Lipinski definition) is 4. The number of sulfone groups is 1. The molecule has 0 bridgehead atoms. The average molecular weight is 426 g/mol. The van der Waals surface area contributed by atoms with Gasteiger partial charge in [-0.05, 0) is 37.3 Å². The number of amides is 1. The van der Waals surface area contributed by atoms with Crippen LogP contribution in [0.2, 0.25) is 0 Å². The van der Waals surface area contributed by atoms with Crippen LogP contribution in [0.5, 0.6) is 5.75 Å². The Balaban J connectivity index is 1.72. The standard InChI is InChI=1S/C18H20BrNO4S/c1-14-5-7-17(8-6-14)25(22,23)12-9-18(21)20-10-11-24-16-4-2-3-15(19)13-16/h2-8,13H,9-12H2,1H3,(H,20,21). The molecule has 0 saturated carbocycles. The topological polar surface area (TPSA) is 72.5 Å². The van der Waals surface area contributed by atoms with E-state index in [1.807, 2.05) is 31.2 Å². The third kappa shape index (κ3) is 6.51. The first-order valence-electron chi connectivity index (χ1n) is 7.81. The molecule has 1 amide bonds. The Kier molecular flexibility index (Phi) is 7.01. The molecule has 2 aromatic carbocycles. The molecule has 0 radical (unpaired) electrons. The average Bonchev–Trinajstić information content (AvgIpc) is 2.57. The minimum atomic E-state index is -3.45. The van der Waals surface area contributed by atoms with Crippen molar-refractivity contribution in [3.63, 3.8) is 0 Å². The summed E-state index contributed by atoms with van der Waals surface area (Å²) < 4.78 is 30.8. The van der Waals surface area contributed by atoms with Crippen LogP contribution in [0.1, 0.15) is 12.0 Å². The molecule has 2 aromatic rings. The fourth-order valence-corrected chi connectivity index (χ4v) is 3.71. The zero-order valence-corrected chi connectivity index (χ0v) is 16.3. The molecule has 0 spiro atoms. The molecule has 0 aliphatic heterocycles. The van der Waals surface area contributed by atoms with Gasteiger partial charge in [-0.25, -0.2) is 8.42 Å². The van der Waals surface area contributed by atoms with Crippen molar-refractivity contribution in [2.75, 3.05) is 18.9 Å². The molecular weight excluding hydrogens is 406 g/mol. The first-order chi connectivity index (χ1) is 11.9. The molecule has 1 N–H and O–H groups in total. The van der Waals surface area contributed by atoms with E-state index >= 15 is 0 Å². The van der Waals surface area contributed by atoms with Gasteiger partial charge in [-0.3, -0.25) is 4.79 Å². The summed E-state index contributed by atoms with van der Waals surface area (Å²) in [4.78, 5) is 12.0. The van der Waals surface area contributed by atoms with Gasteiger partial charge in [-0.1, -0.05) is 39.7 Å². The molecule has 0 aliphatic carbocycles. The Morgan fingerprint density at radius 1 is 1.16 bits per heavy atom. The minimum Gasteiger partial charge on any atom is -0.492 e. The zero-order chi connectivity index (χ0) is 18.3. The van der Waals surface area contributed by atoms with Gasteiger partial charge in [-0.2, -0.15) is 0 Å². The van der Waals surface area contributed by atoms with E-state index in [0.29, 0.717) is 18.9 Å². The number of ether oxygens (including phenoxy) is 1. The quantitative estimate of drug-likeness (QED) is 0.659. The van der Waals surface area contributed by atoms with Crippen LogP contribution in [-0.4, -0.2) is 33.2 Å². The maximum atomic E-state index is 12.2. The van der Waals surface area contributed by atoms with Crippen molar-refractivity contribution in [3.05, 3.63) is 58.6 Å². The van der Waals surface area contributed by atoms with E-state index in [9.17, 15) is 13.2 Å². The fourth-order valence-electron chi connectivity index (χ4n) is 2.10. The Morgan fingerprint density at radius 3 is 2.56 bits per heavy atom. The first-order valence-corrected chi connectivity index (χ1v) is 10.3. The molecule has 2 rings (SSSR count). The molecule has 0 fully saturated rings. The number of carbonyl (C=O) groups excluding carboxylic acids is 1. The van der Waals surface area contributed by atoms with Gasteiger partial charge < -0.3 is 10.1 Å². The van der Waals surface area contributed by atoms with Crippen molar-refractivity contribution in [1.82, 2.24) is 5.32 Å². The Morgan fingerprint density at radius 2 is 1.88 bits per heavy atom. The molecule has 0 heterocycles. The molecular formula is C18H20BrNO4S. The summed E-state index contributed by atoms with van der Waals surface area (Å²) in [5.74, 6) is 0.174. The number of carbonyl (C=O) groups is 1. The molecule has 0 unspecified atom stereocenters. The highest BCUT2D eigenvalue weighted by molar-refractivity contribution is 9.10. The number of rotatable bonds is 8. The summed E-state index contributed by atoms with van der Waals surface area (Å²) in [7, 11) is -3.45. The zero-order valence-electron chi connectivity index (χ0n) is 13.9. The second kappa shape index (κ2) is 9.01. The molecule has 25 heavy (non-hydrogen) atoms. The summed E-state index contributed by atoms with van der Waals surface area (Å²) in [6.07, 6.45) is -0.0763. The molecule has 0 aromatic heterocycles. The van der Waals surface area contributed by atoms with Crippen LogP contribution in [0.4, 0.5) is 0 Å². The van der Waals surface area contributed by atoms with Crippen molar-refractivity contribution in [2.24, 2.45) is 0 Å². The van der Waals surface area contributed by atoms with Crippen LogP contribution in [0.15, 0.2) is 57.9 Å². The van der Waals surface area contributed by atoms with Crippen LogP contribution in [-0.2, 0) is 14.6 Å². The predicted molar refractivity (Wildman–Crippen MR) is 100 cm³/mol. The molecule has 5 nitrogen and oxygen atoms in total. The summed E-state index contributed by atoms with van der Waals surface area (Å²) >= 11 is 3.35. The highest BCUT2D eigenvalue weighted by Crippen LogP contribution is 2.17. The molecule has 0 atom stereocenters. The normalized spacial score (nSPS) is 11.1. The highest BCUT2D eigenvalue weighted by Gasteiger charge is 2.16. The van der Waals surface area contributed by atoms with Gasteiger partial charge in [0.1, 0.15) is 12.4 Å². The van der Waals surface area contributed by atoms with Crippen LogP contribution in [0.25, 0.3) is 0 Å². The predicted octanol–water partition coefficient (Wildman–Crippen LogP) is 3.12. The second-order valence-electron chi connectivity index (χ2n) is 5.54. The van der Waals surface area contributed by atoms with Crippen molar-refractivity contribution in [2.45, 2.75) is 18.2 Å². The van der Waals surface area contributed by atoms with E-state index in [1.165, 1.54) is 0 Å². The number of benzene rings is 2. The lowest BCUT2D eigenvalue weighted by Gasteiger charge is -2.08. The summed E-state index contributed by atoms with van der Waals surface area (Å²) in [6.45, 7) is 2.52. The van der Waals surface area contributed by atoms with Gasteiger partial charge in [0.05, 0.1) is 17.2 Å². The number of aryl methyl sites for hydroxylation is 1. The third-order valence-electron chi connectivity index (χ3n) is 3.47. The Hall–Kier alpha value is -1.86. The van der Waals surface area contributed by atoms with Crippen molar-refractivity contribution in [1.29, 1.82) is 0 Å². The first kappa shape index (κ1) is 19.5. The van der Waals surface area contributed by atoms with E-state index in [-0.39, 0.29) is 23.0 Å². The van der Waals surface area contributed by atoms with Crippen LogP contribution < -0.4 is 10.1 Å². The van der Waals surface area contributed by atoms with Gasteiger partial charge in [0.15, 0.2) is 9.84 Å². The lowest BCUT2D eigenvalue weighted by atomic mass is 10.2. The Labute approximate surface area is 156 Å². The summed E-state index contributed by atoms with van der Waals surface area (Å²) in [5, 5.41) is 2.66. The number of hydrogen-bond donors (Lipinski definition) is 1. The largest absolute Gasteiger partial charge is 0.492 e. The van der Waals surface area contributed by atoms with Gasteiger partial charge in [0.2, 0.25) is 5.91 Å². The summed E-state index contributed by atoms with van der Waals surface area (Å²) in [6, 6.07) is 14.0. The van der Waals surface area contributed by atoms with Crippen LogP contribution in [0.3, 0.4) is 0 Å². The van der Waals surface area contributed by atoms with Crippen molar-refractivity contribution < 1.29 is 17.9 Å². The van der Waals surface area contributed by atoms with E-state index in [2.05, 4.69) is 21.2 Å². The van der Waals surface area contributed by atoms with E-state index in [0.717, 1.165) is 10.0 Å².